The molecule has 1 aliphatic rings. The molecule has 4 rings (SSSR count). The molecular formula is C38H53N5O. The van der Waals surface area contributed by atoms with E-state index in [0.29, 0.717) is 18.5 Å². The summed E-state index contributed by atoms with van der Waals surface area (Å²) in [6, 6.07) is 11.5. The highest BCUT2D eigenvalue weighted by Crippen LogP contribution is 2.33. The molecule has 0 amide bonds. The third kappa shape index (κ3) is 8.09. The van der Waals surface area contributed by atoms with Gasteiger partial charge in [0.15, 0.2) is 0 Å². The van der Waals surface area contributed by atoms with Crippen molar-refractivity contribution in [2.75, 3.05) is 31.1 Å². The van der Waals surface area contributed by atoms with E-state index in [1.807, 2.05) is 13.1 Å². The van der Waals surface area contributed by atoms with E-state index in [2.05, 4.69) is 112 Å². The second kappa shape index (κ2) is 14.9. The predicted octanol–water partition coefficient (Wildman–Crippen LogP) is 7.75. The number of aryl methyl sites for hydroxylation is 3. The van der Waals surface area contributed by atoms with E-state index in [1.165, 1.54) is 16.7 Å². The van der Waals surface area contributed by atoms with Gasteiger partial charge in [0.2, 0.25) is 0 Å². The Hall–Kier alpha value is -3.64. The Balaban J connectivity index is 1.65. The molecule has 3 aromatic rings. The average molecular weight is 596 g/mol. The maximum Gasteiger partial charge on any atom is 0.253 e. The Labute approximate surface area is 265 Å². The van der Waals surface area contributed by atoms with E-state index >= 15 is 0 Å². The van der Waals surface area contributed by atoms with Crippen LogP contribution in [0, 0.1) is 19.8 Å². The van der Waals surface area contributed by atoms with Gasteiger partial charge in [-0.05, 0) is 105 Å². The second-order valence-electron chi connectivity index (χ2n) is 13.1. The first-order valence-electron chi connectivity index (χ1n) is 16.4. The van der Waals surface area contributed by atoms with Gasteiger partial charge in [0, 0.05) is 73.0 Å². The van der Waals surface area contributed by atoms with Crippen LogP contribution in [-0.4, -0.2) is 47.1 Å². The Morgan fingerprint density at radius 1 is 1.07 bits per heavy atom. The first-order valence-corrected chi connectivity index (χ1v) is 16.4. The lowest BCUT2D eigenvalue weighted by Gasteiger charge is -2.37. The van der Waals surface area contributed by atoms with Gasteiger partial charge in [0.25, 0.3) is 5.56 Å². The summed E-state index contributed by atoms with van der Waals surface area (Å²) in [6.45, 7) is 26.5. The number of pyridine rings is 2. The first-order chi connectivity index (χ1) is 21.0. The monoisotopic (exact) mass is 595 g/mol. The highest BCUT2D eigenvalue weighted by Gasteiger charge is 2.20. The number of allylic oxidation sites excluding steroid dienone is 2. The average Bonchev–Trinajstić information content (AvgIpc) is 2.99. The van der Waals surface area contributed by atoms with E-state index in [1.54, 1.807) is 0 Å². The van der Waals surface area contributed by atoms with Crippen molar-refractivity contribution in [2.24, 2.45) is 5.92 Å². The number of benzene rings is 1. The molecule has 3 heterocycles. The van der Waals surface area contributed by atoms with Crippen molar-refractivity contribution < 1.29 is 0 Å². The molecule has 0 radical (unpaired) electrons. The lowest BCUT2D eigenvalue weighted by Crippen LogP contribution is -2.49. The maximum atomic E-state index is 12.9. The summed E-state index contributed by atoms with van der Waals surface area (Å²) in [5.41, 5.74) is 10.5. The van der Waals surface area contributed by atoms with Crippen molar-refractivity contribution in [1.82, 2.24) is 20.2 Å². The molecule has 6 nitrogen and oxygen atoms in total. The fraction of sp³-hybridized carbons (Fsp3) is 0.474. The maximum absolute atomic E-state index is 12.9. The summed E-state index contributed by atoms with van der Waals surface area (Å²) in [7, 11) is 0. The van der Waals surface area contributed by atoms with Gasteiger partial charge in [0.05, 0.1) is 0 Å². The number of hydrogen-bond acceptors (Lipinski definition) is 5. The van der Waals surface area contributed by atoms with Crippen LogP contribution in [0.15, 0.2) is 54.0 Å². The molecule has 0 saturated carbocycles. The summed E-state index contributed by atoms with van der Waals surface area (Å²) in [6.07, 6.45) is 7.22. The van der Waals surface area contributed by atoms with Gasteiger partial charge in [0.1, 0.15) is 5.82 Å². The van der Waals surface area contributed by atoms with Crippen LogP contribution in [-0.2, 0) is 13.0 Å². The standard InChI is InChI=1S/C38H53N5O/c1-10-11-31-21-29(8)41-38(44)35(31)24-39-30(9)34-22-33(20-28(7)37(34)27(6)13-12-25(2)3)32-14-15-36(40-23-32)43-18-16-42(17-19-43)26(4)5/h13-15,20-23,25-26,39H,9-12,16-19,24H2,1-8H3,(H,41,44)/b27-13-. The third-order valence-corrected chi connectivity index (χ3v) is 8.76. The third-order valence-electron chi connectivity index (χ3n) is 8.76. The van der Waals surface area contributed by atoms with Crippen molar-refractivity contribution in [3.05, 3.63) is 93.0 Å². The van der Waals surface area contributed by atoms with Gasteiger partial charge in [-0.2, -0.15) is 0 Å². The molecular weight excluding hydrogens is 542 g/mol. The summed E-state index contributed by atoms with van der Waals surface area (Å²) < 4.78 is 0. The van der Waals surface area contributed by atoms with E-state index in [9.17, 15) is 4.79 Å². The van der Waals surface area contributed by atoms with Crippen LogP contribution in [0.5, 0.6) is 0 Å². The fourth-order valence-electron chi connectivity index (χ4n) is 6.20. The van der Waals surface area contributed by atoms with Crippen LogP contribution >= 0.6 is 0 Å². The molecule has 0 unspecified atom stereocenters. The van der Waals surface area contributed by atoms with Crippen molar-refractivity contribution >= 4 is 17.1 Å². The Morgan fingerprint density at radius 2 is 1.80 bits per heavy atom. The molecule has 6 heteroatoms. The van der Waals surface area contributed by atoms with Gasteiger partial charge in [-0.3, -0.25) is 9.69 Å². The number of nitrogens with one attached hydrogen (secondary N) is 2. The smallest absolute Gasteiger partial charge is 0.253 e. The summed E-state index contributed by atoms with van der Waals surface area (Å²) in [4.78, 5) is 25.7. The highest BCUT2D eigenvalue weighted by molar-refractivity contribution is 5.83. The van der Waals surface area contributed by atoms with E-state index in [4.69, 9.17) is 4.98 Å². The molecule has 1 fully saturated rings. The summed E-state index contributed by atoms with van der Waals surface area (Å²) in [5, 5.41) is 3.54. The molecule has 2 N–H and O–H groups in total. The normalized spacial score (nSPS) is 14.5. The van der Waals surface area contributed by atoms with Crippen molar-refractivity contribution in [1.29, 1.82) is 0 Å². The Kier molecular flexibility index (Phi) is 11.3. The fourth-order valence-corrected chi connectivity index (χ4v) is 6.20. The number of piperazine rings is 1. The number of H-pyrrole nitrogens is 1. The zero-order valence-corrected chi connectivity index (χ0v) is 28.3. The van der Waals surface area contributed by atoms with E-state index in [0.717, 1.165) is 90.5 Å². The topological polar surface area (TPSA) is 64.3 Å². The minimum absolute atomic E-state index is 0.0244. The molecule has 1 saturated heterocycles. The number of hydrogen-bond donors (Lipinski definition) is 2. The molecule has 2 aromatic heterocycles. The molecule has 0 aliphatic carbocycles. The van der Waals surface area contributed by atoms with Gasteiger partial charge in [-0.15, -0.1) is 0 Å². The molecule has 1 aliphatic heterocycles. The predicted molar refractivity (Wildman–Crippen MR) is 188 cm³/mol. The van der Waals surface area contributed by atoms with Gasteiger partial charge >= 0.3 is 0 Å². The van der Waals surface area contributed by atoms with Gasteiger partial charge in [-0.25, -0.2) is 4.98 Å². The molecule has 0 spiro atoms. The van der Waals surface area contributed by atoms with Crippen LogP contribution in [0.1, 0.15) is 87.9 Å². The van der Waals surface area contributed by atoms with Crippen molar-refractivity contribution in [3.8, 4) is 11.1 Å². The van der Waals surface area contributed by atoms with Crippen molar-refractivity contribution in [2.45, 2.75) is 87.2 Å². The number of rotatable bonds is 12. The van der Waals surface area contributed by atoms with E-state index < -0.39 is 0 Å². The first kappa shape index (κ1) is 33.3. The molecule has 0 bridgehead atoms. The zero-order valence-electron chi connectivity index (χ0n) is 28.3. The van der Waals surface area contributed by atoms with Gasteiger partial charge in [-0.1, -0.05) is 45.9 Å². The van der Waals surface area contributed by atoms with Crippen molar-refractivity contribution in [3.63, 3.8) is 0 Å². The SMILES string of the molecule is C=C(NCc1c(CCC)cc(C)[nH]c1=O)c1cc(-c2ccc(N3CCN(C(C)C)CC3)nc2)cc(C)c1/C(C)=C\CC(C)C. The summed E-state index contributed by atoms with van der Waals surface area (Å²) in [5.74, 6) is 1.62. The van der Waals surface area contributed by atoms with E-state index in [-0.39, 0.29) is 5.56 Å². The summed E-state index contributed by atoms with van der Waals surface area (Å²) >= 11 is 0. The van der Waals surface area contributed by atoms with Crippen LogP contribution in [0.4, 0.5) is 5.82 Å². The second-order valence-corrected chi connectivity index (χ2v) is 13.1. The van der Waals surface area contributed by atoms with Crippen LogP contribution in [0.25, 0.3) is 22.4 Å². The quantitative estimate of drug-likeness (QED) is 0.224. The number of aromatic nitrogens is 2. The Morgan fingerprint density at radius 3 is 2.41 bits per heavy atom. The molecule has 0 atom stereocenters. The lowest BCUT2D eigenvalue weighted by molar-refractivity contribution is 0.209. The minimum atomic E-state index is -0.0244. The van der Waals surface area contributed by atoms with Crippen LogP contribution in [0.2, 0.25) is 0 Å². The molecule has 44 heavy (non-hydrogen) atoms. The lowest BCUT2D eigenvalue weighted by atomic mass is 9.89. The number of aromatic amines is 1. The molecule has 236 valence electrons. The van der Waals surface area contributed by atoms with Crippen LogP contribution in [0.3, 0.4) is 0 Å². The molecule has 1 aromatic carbocycles. The largest absolute Gasteiger partial charge is 0.381 e. The Bertz CT molecular complexity index is 1520. The number of anilines is 1. The zero-order chi connectivity index (χ0) is 32.0. The highest BCUT2D eigenvalue weighted by atomic mass is 16.1. The van der Waals surface area contributed by atoms with Gasteiger partial charge < -0.3 is 15.2 Å². The minimum Gasteiger partial charge on any atom is -0.381 e. The van der Waals surface area contributed by atoms with Crippen LogP contribution < -0.4 is 15.8 Å². The number of nitrogens with zero attached hydrogens (tertiary/aromatic N) is 3.